The number of carbonyl (C=O) groups excluding carboxylic acids is 1. The maximum atomic E-state index is 15.6. The molecule has 1 N–H and O–H groups in total. The van der Waals surface area contributed by atoms with Crippen LogP contribution in [0.25, 0.3) is 22.5 Å². The molecule has 2 aliphatic rings. The second-order valence-electron chi connectivity index (χ2n) is 11.8. The van der Waals surface area contributed by atoms with Gasteiger partial charge in [-0.15, -0.1) is 0 Å². The van der Waals surface area contributed by atoms with Gasteiger partial charge in [0.05, 0.1) is 28.8 Å². The van der Waals surface area contributed by atoms with Gasteiger partial charge in [-0.25, -0.2) is 8.91 Å². The van der Waals surface area contributed by atoms with E-state index in [1.54, 1.807) is 35.0 Å². The first-order valence-corrected chi connectivity index (χ1v) is 14.5. The molecule has 0 bridgehead atoms. The summed E-state index contributed by atoms with van der Waals surface area (Å²) in [7, 11) is 0. The minimum atomic E-state index is -0.567. The highest BCUT2D eigenvalue weighted by molar-refractivity contribution is 6.31. The molecule has 2 atom stereocenters. The van der Waals surface area contributed by atoms with Crippen LogP contribution in [0.5, 0.6) is 0 Å². The summed E-state index contributed by atoms with van der Waals surface area (Å²) in [5.41, 5.74) is 5.03. The zero-order valence-corrected chi connectivity index (χ0v) is 24.2. The molecule has 0 aliphatic heterocycles. The Labute approximate surface area is 247 Å². The van der Waals surface area contributed by atoms with Crippen molar-refractivity contribution >= 4 is 28.7 Å². The molecular formula is C33H29ClFN5O2. The number of aryl methyl sites for hydroxylation is 2. The van der Waals surface area contributed by atoms with Crippen molar-refractivity contribution in [3.05, 3.63) is 111 Å². The fraction of sp³-hybridized carbons (Fsp3) is 0.273. The maximum Gasteiger partial charge on any atom is 0.274 e. The second-order valence-corrected chi connectivity index (χ2v) is 12.2. The van der Waals surface area contributed by atoms with Gasteiger partial charge in [-0.1, -0.05) is 30.7 Å². The molecule has 7 rings (SSSR count). The highest BCUT2D eigenvalue weighted by Gasteiger charge is 2.45. The number of nitrogens with zero attached hydrogens (tertiary/aromatic N) is 4. The van der Waals surface area contributed by atoms with Crippen LogP contribution in [-0.4, -0.2) is 25.1 Å². The minimum absolute atomic E-state index is 0.112. The number of benzene rings is 1. The summed E-state index contributed by atoms with van der Waals surface area (Å²) >= 11 is 6.78. The maximum absolute atomic E-state index is 15.6. The molecular weight excluding hydrogens is 553 g/mol. The first kappa shape index (κ1) is 26.6. The topological polar surface area (TPSA) is 81.3 Å². The van der Waals surface area contributed by atoms with Crippen LogP contribution in [0.3, 0.4) is 0 Å². The van der Waals surface area contributed by atoms with E-state index < -0.39 is 11.2 Å². The van der Waals surface area contributed by atoms with E-state index in [4.69, 9.17) is 11.6 Å². The molecule has 0 spiro atoms. The number of anilines is 1. The van der Waals surface area contributed by atoms with Gasteiger partial charge >= 0.3 is 0 Å². The molecule has 9 heteroatoms. The third-order valence-corrected chi connectivity index (χ3v) is 9.17. The van der Waals surface area contributed by atoms with Gasteiger partial charge in [-0.05, 0) is 92.5 Å². The normalized spacial score (nSPS) is 18.7. The third-order valence-electron chi connectivity index (χ3n) is 8.79. The summed E-state index contributed by atoms with van der Waals surface area (Å²) in [6.45, 7) is 5.60. The Morgan fingerprint density at radius 1 is 1.07 bits per heavy atom. The van der Waals surface area contributed by atoms with Gasteiger partial charge in [0, 0.05) is 34.6 Å². The summed E-state index contributed by atoms with van der Waals surface area (Å²) < 4.78 is 19.1. The third kappa shape index (κ3) is 4.32. The van der Waals surface area contributed by atoms with E-state index in [-0.39, 0.29) is 39.6 Å². The summed E-state index contributed by atoms with van der Waals surface area (Å²) in [4.78, 5) is 30.8. The number of nitrogens with one attached hydrogen (secondary N) is 1. The number of halogens is 2. The van der Waals surface area contributed by atoms with Gasteiger partial charge < -0.3 is 5.32 Å². The number of hydrogen-bond acceptors (Lipinski definition) is 4. The number of hydrogen-bond donors (Lipinski definition) is 1. The fourth-order valence-electron chi connectivity index (χ4n) is 5.84. The van der Waals surface area contributed by atoms with Crippen molar-refractivity contribution < 1.29 is 9.18 Å². The van der Waals surface area contributed by atoms with E-state index in [1.807, 2.05) is 61.9 Å². The Hall–Kier alpha value is -4.30. The standard InChI is InChI=1S/C33H29ClFN5O2/c1-18-16-36-26(20-7-6-8-25(30(20)35)38-32(42)33(3)10-11-33)15-28(18)40-19(2)13-23(29(34)31(40)41)21-14-22(21)24-17-37-39-12-5-4-9-27(24)39/h4-9,12-13,15-17,21-22H,10-11,14H2,1-3H3,(H,38,42)/t21-,22?/m1/s1. The lowest BCUT2D eigenvalue weighted by Gasteiger charge is -2.17. The average molecular weight is 582 g/mol. The molecule has 4 heterocycles. The summed E-state index contributed by atoms with van der Waals surface area (Å²) in [5.74, 6) is -0.384. The van der Waals surface area contributed by atoms with Gasteiger partial charge in [0.15, 0.2) is 5.82 Å². The zero-order valence-electron chi connectivity index (χ0n) is 23.5. The summed E-state index contributed by atoms with van der Waals surface area (Å²) in [6.07, 6.45) is 7.92. The van der Waals surface area contributed by atoms with Crippen molar-refractivity contribution in [1.29, 1.82) is 0 Å². The summed E-state index contributed by atoms with van der Waals surface area (Å²) in [6, 6.07) is 14.5. The lowest BCUT2D eigenvalue weighted by molar-refractivity contribution is -0.120. The fourth-order valence-corrected chi connectivity index (χ4v) is 6.12. The molecule has 2 saturated carbocycles. The number of carbonyl (C=O) groups is 1. The number of amides is 1. The van der Waals surface area contributed by atoms with E-state index in [9.17, 15) is 9.59 Å². The summed E-state index contributed by atoms with van der Waals surface area (Å²) in [5, 5.41) is 7.39. The number of fused-ring (bicyclic) bond motifs is 1. The van der Waals surface area contributed by atoms with E-state index >= 15 is 4.39 Å². The Balaban J connectivity index is 1.23. The average Bonchev–Trinajstić information content (AvgIpc) is 3.89. The lowest BCUT2D eigenvalue weighted by atomic mass is 10.0. The Bertz CT molecular complexity index is 1980. The molecule has 2 aliphatic carbocycles. The van der Waals surface area contributed by atoms with Gasteiger partial charge in [-0.2, -0.15) is 5.10 Å². The number of pyridine rings is 3. The first-order valence-electron chi connectivity index (χ1n) is 14.1. The molecule has 1 amide bonds. The van der Waals surface area contributed by atoms with E-state index in [1.165, 1.54) is 0 Å². The molecule has 1 aromatic carbocycles. The largest absolute Gasteiger partial charge is 0.323 e. The molecule has 1 unspecified atom stereocenters. The molecule has 7 nitrogen and oxygen atoms in total. The monoisotopic (exact) mass is 581 g/mol. The zero-order chi connectivity index (χ0) is 29.3. The van der Waals surface area contributed by atoms with Gasteiger partial charge in [0.1, 0.15) is 5.02 Å². The number of rotatable bonds is 6. The van der Waals surface area contributed by atoms with Crippen LogP contribution in [0.1, 0.15) is 60.4 Å². The first-order chi connectivity index (χ1) is 20.2. The van der Waals surface area contributed by atoms with Crippen LogP contribution in [0.15, 0.2) is 71.9 Å². The Morgan fingerprint density at radius 2 is 1.86 bits per heavy atom. The van der Waals surface area contributed by atoms with Crippen molar-refractivity contribution in [3.8, 4) is 16.9 Å². The van der Waals surface area contributed by atoms with Crippen LogP contribution < -0.4 is 10.9 Å². The van der Waals surface area contributed by atoms with E-state index in [0.717, 1.165) is 47.2 Å². The van der Waals surface area contributed by atoms with Gasteiger partial charge in [0.2, 0.25) is 5.91 Å². The Morgan fingerprint density at radius 3 is 2.64 bits per heavy atom. The van der Waals surface area contributed by atoms with Crippen molar-refractivity contribution in [3.63, 3.8) is 0 Å². The molecule has 4 aromatic heterocycles. The van der Waals surface area contributed by atoms with Crippen molar-refractivity contribution in [2.75, 3.05) is 5.32 Å². The molecule has 42 heavy (non-hydrogen) atoms. The predicted octanol–water partition coefficient (Wildman–Crippen LogP) is 6.97. The SMILES string of the molecule is Cc1cnc(-c2cccc(NC(=O)C3(C)CC3)c2F)cc1-n1c(C)cc([C@@H]2CC2c2cnn3ccccc23)c(Cl)c1=O. The lowest BCUT2D eigenvalue weighted by Crippen LogP contribution is -2.23. The highest BCUT2D eigenvalue weighted by Crippen LogP contribution is 2.56. The molecule has 2 fully saturated rings. The molecule has 5 aromatic rings. The predicted molar refractivity (Wildman–Crippen MR) is 161 cm³/mol. The molecule has 0 saturated heterocycles. The van der Waals surface area contributed by atoms with Crippen LogP contribution in [0, 0.1) is 25.1 Å². The Kier molecular flexibility index (Phi) is 6.10. The minimum Gasteiger partial charge on any atom is -0.323 e. The number of aromatic nitrogens is 4. The van der Waals surface area contributed by atoms with Gasteiger partial charge in [0.25, 0.3) is 5.56 Å². The van der Waals surface area contributed by atoms with Crippen molar-refractivity contribution in [2.45, 2.75) is 51.9 Å². The van der Waals surface area contributed by atoms with Crippen molar-refractivity contribution in [1.82, 2.24) is 19.2 Å². The van der Waals surface area contributed by atoms with Crippen LogP contribution >= 0.6 is 11.6 Å². The second kappa shape index (κ2) is 9.63. The molecule has 212 valence electrons. The smallest absolute Gasteiger partial charge is 0.274 e. The van der Waals surface area contributed by atoms with Crippen LogP contribution in [0.2, 0.25) is 5.02 Å². The van der Waals surface area contributed by atoms with E-state index in [2.05, 4.69) is 15.4 Å². The van der Waals surface area contributed by atoms with Crippen LogP contribution in [-0.2, 0) is 4.79 Å². The van der Waals surface area contributed by atoms with Crippen molar-refractivity contribution in [2.24, 2.45) is 5.41 Å². The van der Waals surface area contributed by atoms with Crippen LogP contribution in [0.4, 0.5) is 10.1 Å². The van der Waals surface area contributed by atoms with E-state index in [0.29, 0.717) is 11.4 Å². The quantitative estimate of drug-likeness (QED) is 0.235. The molecule has 0 radical (unpaired) electrons. The highest BCUT2D eigenvalue weighted by atomic mass is 35.5. The van der Waals surface area contributed by atoms with Gasteiger partial charge in [-0.3, -0.25) is 19.1 Å².